The van der Waals surface area contributed by atoms with Gasteiger partial charge in [-0.1, -0.05) is 32.0 Å². The summed E-state index contributed by atoms with van der Waals surface area (Å²) in [6.45, 7) is 12.1. The predicted molar refractivity (Wildman–Crippen MR) is 84.4 cm³/mol. The molecule has 0 radical (unpaired) electrons. The summed E-state index contributed by atoms with van der Waals surface area (Å²) in [7, 11) is 1.74. The molecule has 0 atom stereocenters. The molecule has 0 heterocycles. The molecule has 0 saturated heterocycles. The lowest BCUT2D eigenvalue weighted by Crippen LogP contribution is -2.26. The largest absolute Gasteiger partial charge is 0.493 e. The van der Waals surface area contributed by atoms with Crippen LogP contribution in [-0.4, -0.2) is 25.4 Å². The quantitative estimate of drug-likeness (QED) is 0.787. The van der Waals surface area contributed by atoms with E-state index in [0.717, 1.165) is 18.7 Å². The Hall–Kier alpha value is -1.06. The number of methoxy groups -OCH3 is 1. The van der Waals surface area contributed by atoms with Crippen molar-refractivity contribution in [2.24, 2.45) is 0 Å². The lowest BCUT2D eigenvalue weighted by molar-refractivity contribution is 0.00531. The minimum Gasteiger partial charge on any atom is -0.493 e. The van der Waals surface area contributed by atoms with Crippen LogP contribution in [0.2, 0.25) is 0 Å². The highest BCUT2D eigenvalue weighted by molar-refractivity contribution is 5.40. The van der Waals surface area contributed by atoms with E-state index in [4.69, 9.17) is 9.47 Å². The van der Waals surface area contributed by atoms with E-state index < -0.39 is 0 Å². The molecule has 1 N–H and O–H groups in total. The average Bonchev–Trinajstić information content (AvgIpc) is 2.38. The van der Waals surface area contributed by atoms with Crippen molar-refractivity contribution >= 4 is 0 Å². The molecule has 0 aromatic heterocycles. The summed E-state index contributed by atoms with van der Waals surface area (Å²) in [6.07, 6.45) is 0.870. The fraction of sp³-hybridized carbons (Fsp3) is 0.647. The Morgan fingerprint density at radius 2 is 1.95 bits per heavy atom. The minimum absolute atomic E-state index is 0.140. The standard InChI is InChI=1S/C17H29NO2/c1-13(2)18-12-15-9-7-8-14(3)16(15)20-11-10-17(4,5)19-6/h7-9,13,18H,10-12H2,1-6H3. The molecule has 0 fully saturated rings. The van der Waals surface area contributed by atoms with Gasteiger partial charge in [0.2, 0.25) is 0 Å². The van der Waals surface area contributed by atoms with Gasteiger partial charge in [-0.15, -0.1) is 0 Å². The van der Waals surface area contributed by atoms with Crippen molar-refractivity contribution < 1.29 is 9.47 Å². The summed E-state index contributed by atoms with van der Waals surface area (Å²) < 4.78 is 11.4. The lowest BCUT2D eigenvalue weighted by atomic mass is 10.1. The van der Waals surface area contributed by atoms with E-state index in [1.54, 1.807) is 7.11 Å². The highest BCUT2D eigenvalue weighted by Crippen LogP contribution is 2.24. The van der Waals surface area contributed by atoms with Crippen molar-refractivity contribution in [3.63, 3.8) is 0 Å². The van der Waals surface area contributed by atoms with Crippen molar-refractivity contribution in [3.8, 4) is 5.75 Å². The maximum atomic E-state index is 6.02. The van der Waals surface area contributed by atoms with Gasteiger partial charge in [-0.25, -0.2) is 0 Å². The van der Waals surface area contributed by atoms with Crippen molar-refractivity contribution in [1.82, 2.24) is 5.32 Å². The Kier molecular flexibility index (Phi) is 6.50. The molecule has 3 nitrogen and oxygen atoms in total. The van der Waals surface area contributed by atoms with Gasteiger partial charge in [0.05, 0.1) is 12.2 Å². The summed E-state index contributed by atoms with van der Waals surface area (Å²) in [4.78, 5) is 0. The van der Waals surface area contributed by atoms with E-state index in [0.29, 0.717) is 12.6 Å². The van der Waals surface area contributed by atoms with Crippen LogP contribution in [0.3, 0.4) is 0 Å². The fourth-order valence-electron chi connectivity index (χ4n) is 1.87. The van der Waals surface area contributed by atoms with Crippen LogP contribution in [0.5, 0.6) is 5.75 Å². The van der Waals surface area contributed by atoms with Crippen LogP contribution in [0.1, 0.15) is 45.2 Å². The van der Waals surface area contributed by atoms with Gasteiger partial charge in [0.25, 0.3) is 0 Å². The Balaban J connectivity index is 2.68. The smallest absolute Gasteiger partial charge is 0.126 e. The van der Waals surface area contributed by atoms with Crippen molar-refractivity contribution in [1.29, 1.82) is 0 Å². The van der Waals surface area contributed by atoms with Crippen LogP contribution in [0.25, 0.3) is 0 Å². The zero-order chi connectivity index (χ0) is 15.2. The molecule has 0 amide bonds. The van der Waals surface area contributed by atoms with Crippen LogP contribution in [-0.2, 0) is 11.3 Å². The number of hydrogen-bond donors (Lipinski definition) is 1. The molecule has 1 aromatic carbocycles. The monoisotopic (exact) mass is 279 g/mol. The molecular weight excluding hydrogens is 250 g/mol. The fourth-order valence-corrected chi connectivity index (χ4v) is 1.87. The van der Waals surface area contributed by atoms with E-state index in [-0.39, 0.29) is 5.60 Å². The highest BCUT2D eigenvalue weighted by atomic mass is 16.5. The molecule has 0 spiro atoms. The molecule has 0 aliphatic rings. The van der Waals surface area contributed by atoms with Crippen molar-refractivity contribution in [3.05, 3.63) is 29.3 Å². The zero-order valence-corrected chi connectivity index (χ0v) is 13.7. The van der Waals surface area contributed by atoms with E-state index in [1.165, 1.54) is 11.1 Å². The van der Waals surface area contributed by atoms with Crippen LogP contribution < -0.4 is 10.1 Å². The van der Waals surface area contributed by atoms with E-state index in [9.17, 15) is 0 Å². The topological polar surface area (TPSA) is 30.5 Å². The first-order valence-corrected chi connectivity index (χ1v) is 7.35. The van der Waals surface area contributed by atoms with Crippen LogP contribution in [0.4, 0.5) is 0 Å². The molecule has 1 aromatic rings. The van der Waals surface area contributed by atoms with E-state index in [2.05, 4.69) is 58.1 Å². The normalized spacial score (nSPS) is 11.9. The van der Waals surface area contributed by atoms with Gasteiger partial charge in [-0.2, -0.15) is 0 Å². The summed E-state index contributed by atoms with van der Waals surface area (Å²) in [5.74, 6) is 1.01. The molecular formula is C17H29NO2. The van der Waals surface area contributed by atoms with Gasteiger partial charge < -0.3 is 14.8 Å². The van der Waals surface area contributed by atoms with Gasteiger partial charge >= 0.3 is 0 Å². The van der Waals surface area contributed by atoms with Gasteiger partial charge in [-0.05, 0) is 26.3 Å². The van der Waals surface area contributed by atoms with Gasteiger partial charge in [0, 0.05) is 31.7 Å². The van der Waals surface area contributed by atoms with Gasteiger partial charge in [0.15, 0.2) is 0 Å². The summed E-state index contributed by atoms with van der Waals surface area (Å²) in [5.41, 5.74) is 2.26. The third-order valence-corrected chi connectivity index (χ3v) is 3.50. The van der Waals surface area contributed by atoms with Crippen molar-refractivity contribution in [2.45, 2.75) is 59.2 Å². The Labute approximate surface area is 123 Å². The zero-order valence-electron chi connectivity index (χ0n) is 13.7. The highest BCUT2D eigenvalue weighted by Gasteiger charge is 2.17. The van der Waals surface area contributed by atoms with Gasteiger partial charge in [0.1, 0.15) is 5.75 Å². The SMILES string of the molecule is COC(C)(C)CCOc1c(C)cccc1CNC(C)C. The second-order valence-corrected chi connectivity index (χ2v) is 6.16. The summed E-state index contributed by atoms with van der Waals surface area (Å²) in [6, 6.07) is 6.77. The number of para-hydroxylation sites is 1. The first kappa shape index (κ1) is 17.0. The van der Waals surface area contributed by atoms with Crippen LogP contribution in [0.15, 0.2) is 18.2 Å². The number of ether oxygens (including phenoxy) is 2. The van der Waals surface area contributed by atoms with Crippen LogP contribution in [0, 0.1) is 6.92 Å². The molecule has 0 bridgehead atoms. The number of rotatable bonds is 8. The second kappa shape index (κ2) is 7.65. The van der Waals surface area contributed by atoms with Crippen molar-refractivity contribution in [2.75, 3.05) is 13.7 Å². The maximum Gasteiger partial charge on any atom is 0.126 e. The molecule has 20 heavy (non-hydrogen) atoms. The third kappa shape index (κ3) is 5.51. The van der Waals surface area contributed by atoms with Crippen LogP contribution >= 0.6 is 0 Å². The summed E-state index contributed by atoms with van der Waals surface area (Å²) in [5, 5.41) is 3.44. The Morgan fingerprint density at radius 1 is 1.25 bits per heavy atom. The number of benzene rings is 1. The molecule has 0 aliphatic carbocycles. The lowest BCUT2D eigenvalue weighted by Gasteiger charge is -2.23. The first-order chi connectivity index (χ1) is 9.35. The molecule has 0 saturated carbocycles. The molecule has 1 rings (SSSR count). The number of aryl methyl sites for hydroxylation is 1. The van der Waals surface area contributed by atoms with E-state index in [1.807, 2.05) is 0 Å². The second-order valence-electron chi connectivity index (χ2n) is 6.16. The third-order valence-electron chi connectivity index (χ3n) is 3.50. The Bertz CT molecular complexity index is 413. The summed E-state index contributed by atoms with van der Waals surface area (Å²) >= 11 is 0. The molecule has 3 heteroatoms. The molecule has 114 valence electrons. The molecule has 0 aliphatic heterocycles. The minimum atomic E-state index is -0.140. The first-order valence-electron chi connectivity index (χ1n) is 7.35. The molecule has 0 unspecified atom stereocenters. The maximum absolute atomic E-state index is 6.02. The number of hydrogen-bond acceptors (Lipinski definition) is 3. The average molecular weight is 279 g/mol. The predicted octanol–water partition coefficient (Wildman–Crippen LogP) is 3.69. The Morgan fingerprint density at radius 3 is 2.55 bits per heavy atom. The van der Waals surface area contributed by atoms with E-state index >= 15 is 0 Å². The van der Waals surface area contributed by atoms with Gasteiger partial charge in [-0.3, -0.25) is 0 Å². The number of nitrogens with one attached hydrogen (secondary N) is 1.